The Morgan fingerprint density at radius 1 is 1.25 bits per heavy atom. The summed E-state index contributed by atoms with van der Waals surface area (Å²) < 4.78 is 6.82. The van der Waals surface area contributed by atoms with E-state index in [-0.39, 0.29) is 5.91 Å². The van der Waals surface area contributed by atoms with Crippen molar-refractivity contribution in [3.63, 3.8) is 0 Å². The molecule has 1 N–H and O–H groups in total. The molecule has 0 fully saturated rings. The molecule has 24 heavy (non-hydrogen) atoms. The van der Waals surface area contributed by atoms with Crippen molar-refractivity contribution in [2.75, 3.05) is 5.32 Å². The van der Waals surface area contributed by atoms with Gasteiger partial charge in [-0.05, 0) is 42.8 Å². The largest absolute Gasteiger partial charge is 0.468 e. The maximum Gasteiger partial charge on any atom is 0.224 e. The van der Waals surface area contributed by atoms with Crippen molar-refractivity contribution >= 4 is 44.7 Å². The number of anilines is 1. The van der Waals surface area contributed by atoms with Crippen LogP contribution in [0.25, 0.3) is 10.2 Å². The number of para-hydroxylation sites is 1. The number of nitrogens with zero attached hydrogens (tertiary/aromatic N) is 1. The summed E-state index contributed by atoms with van der Waals surface area (Å²) in [5.74, 6) is 0.638. The fourth-order valence-corrected chi connectivity index (χ4v) is 3.38. The van der Waals surface area contributed by atoms with E-state index in [0.717, 1.165) is 27.3 Å². The molecular weight excluding hydrogens is 344 g/mol. The minimum absolute atomic E-state index is 0.0101. The van der Waals surface area contributed by atoms with E-state index in [9.17, 15) is 4.79 Å². The summed E-state index contributed by atoms with van der Waals surface area (Å²) in [4.78, 5) is 16.1. The van der Waals surface area contributed by atoms with Crippen LogP contribution in [0.5, 0.6) is 5.75 Å². The summed E-state index contributed by atoms with van der Waals surface area (Å²) in [5, 5.41) is 3.56. The Balaban J connectivity index is 1.65. The number of ether oxygens (including phenoxy) is 1. The third-order valence-electron chi connectivity index (χ3n) is 3.36. The van der Waals surface area contributed by atoms with Crippen molar-refractivity contribution < 1.29 is 9.53 Å². The standard InChI is InChI=1S/C18H17ClN2O2S/c1-2-5-16(22)20-12-8-10-13(11-9-12)23-17(19)18-21-14-6-3-4-7-15(14)24-18/h3-4,6-11,17H,2,5H2,1H3,(H,20,22). The molecule has 1 amide bonds. The van der Waals surface area contributed by atoms with E-state index in [1.165, 1.54) is 11.3 Å². The maximum atomic E-state index is 11.6. The molecule has 124 valence electrons. The number of benzene rings is 2. The Hall–Kier alpha value is -2.11. The lowest BCUT2D eigenvalue weighted by Gasteiger charge is -2.11. The molecule has 1 atom stereocenters. The summed E-state index contributed by atoms with van der Waals surface area (Å²) in [6.45, 7) is 1.97. The number of aromatic nitrogens is 1. The number of hydrogen-bond donors (Lipinski definition) is 1. The third kappa shape index (κ3) is 4.04. The molecule has 3 aromatic rings. The fraction of sp³-hybridized carbons (Fsp3) is 0.222. The fourth-order valence-electron chi connectivity index (χ4n) is 2.22. The molecule has 1 aromatic heterocycles. The quantitative estimate of drug-likeness (QED) is 0.603. The Labute approximate surface area is 149 Å². The van der Waals surface area contributed by atoms with Crippen LogP contribution in [-0.4, -0.2) is 10.9 Å². The summed E-state index contributed by atoms with van der Waals surface area (Å²) in [5.41, 5.74) is 1.01. The third-order valence-corrected chi connectivity index (χ3v) is 4.86. The molecule has 0 aliphatic heterocycles. The molecule has 1 heterocycles. The van der Waals surface area contributed by atoms with Gasteiger partial charge in [0.25, 0.3) is 0 Å². The Bertz CT molecular complexity index is 799. The predicted molar refractivity (Wildman–Crippen MR) is 98.8 cm³/mol. The van der Waals surface area contributed by atoms with Crippen molar-refractivity contribution in [1.82, 2.24) is 4.98 Å². The predicted octanol–water partition coefficient (Wildman–Crippen LogP) is 5.35. The molecule has 0 saturated heterocycles. The van der Waals surface area contributed by atoms with Gasteiger partial charge in [-0.25, -0.2) is 4.98 Å². The SMILES string of the molecule is CCCC(=O)Nc1ccc(OC(Cl)c2nc3ccccc3s2)cc1. The van der Waals surface area contributed by atoms with Gasteiger partial charge in [-0.1, -0.05) is 30.7 Å². The first-order valence-electron chi connectivity index (χ1n) is 7.72. The lowest BCUT2D eigenvalue weighted by atomic mass is 10.2. The molecule has 3 rings (SSSR count). The van der Waals surface area contributed by atoms with Gasteiger partial charge >= 0.3 is 0 Å². The first kappa shape index (κ1) is 16.7. The molecule has 6 heteroatoms. The molecule has 0 aliphatic rings. The first-order chi connectivity index (χ1) is 11.7. The Morgan fingerprint density at radius 3 is 2.71 bits per heavy atom. The van der Waals surface area contributed by atoms with E-state index in [1.54, 1.807) is 24.3 Å². The van der Waals surface area contributed by atoms with Crippen LogP contribution in [-0.2, 0) is 4.79 Å². The number of carbonyl (C=O) groups excluding carboxylic acids is 1. The normalized spacial score (nSPS) is 12.1. The van der Waals surface area contributed by atoms with Crippen LogP contribution < -0.4 is 10.1 Å². The number of rotatable bonds is 6. The van der Waals surface area contributed by atoms with Crippen LogP contribution in [0.3, 0.4) is 0 Å². The molecule has 0 spiro atoms. The lowest BCUT2D eigenvalue weighted by molar-refractivity contribution is -0.116. The summed E-state index contributed by atoms with van der Waals surface area (Å²) >= 11 is 7.85. The molecule has 0 radical (unpaired) electrons. The summed E-state index contributed by atoms with van der Waals surface area (Å²) in [6.07, 6.45) is 1.34. The van der Waals surface area contributed by atoms with Gasteiger partial charge in [-0.3, -0.25) is 4.79 Å². The van der Waals surface area contributed by atoms with Gasteiger partial charge in [0.1, 0.15) is 5.75 Å². The van der Waals surface area contributed by atoms with Crippen LogP contribution in [0.2, 0.25) is 0 Å². The van der Waals surface area contributed by atoms with E-state index in [0.29, 0.717) is 12.2 Å². The molecule has 0 saturated carbocycles. The lowest BCUT2D eigenvalue weighted by Crippen LogP contribution is -2.10. The van der Waals surface area contributed by atoms with Crippen molar-refractivity contribution in [1.29, 1.82) is 0 Å². The summed E-state index contributed by atoms with van der Waals surface area (Å²) in [6, 6.07) is 15.0. The highest BCUT2D eigenvalue weighted by Gasteiger charge is 2.15. The number of amides is 1. The van der Waals surface area contributed by atoms with Crippen LogP contribution in [0.1, 0.15) is 30.3 Å². The van der Waals surface area contributed by atoms with E-state index in [1.807, 2.05) is 31.2 Å². The smallest absolute Gasteiger partial charge is 0.224 e. The van der Waals surface area contributed by atoms with E-state index in [4.69, 9.17) is 16.3 Å². The van der Waals surface area contributed by atoms with E-state index >= 15 is 0 Å². The van der Waals surface area contributed by atoms with Crippen molar-refractivity contribution in [2.24, 2.45) is 0 Å². The zero-order chi connectivity index (χ0) is 16.9. The van der Waals surface area contributed by atoms with Crippen molar-refractivity contribution in [3.8, 4) is 5.75 Å². The number of alkyl halides is 1. The van der Waals surface area contributed by atoms with Crippen LogP contribution in [0, 0.1) is 0 Å². The van der Waals surface area contributed by atoms with Crippen molar-refractivity contribution in [3.05, 3.63) is 53.5 Å². The van der Waals surface area contributed by atoms with Crippen LogP contribution >= 0.6 is 22.9 Å². The molecule has 4 nitrogen and oxygen atoms in total. The number of halogens is 1. The van der Waals surface area contributed by atoms with Crippen LogP contribution in [0.4, 0.5) is 5.69 Å². The molecule has 0 aliphatic carbocycles. The highest BCUT2D eigenvalue weighted by Crippen LogP contribution is 2.32. The zero-order valence-electron chi connectivity index (χ0n) is 13.2. The Kier molecular flexibility index (Phi) is 5.33. The molecule has 0 bridgehead atoms. The highest BCUT2D eigenvalue weighted by atomic mass is 35.5. The average Bonchev–Trinajstić information content (AvgIpc) is 3.01. The Morgan fingerprint density at radius 2 is 2.00 bits per heavy atom. The second-order valence-electron chi connectivity index (χ2n) is 5.28. The zero-order valence-corrected chi connectivity index (χ0v) is 14.7. The summed E-state index contributed by atoms with van der Waals surface area (Å²) in [7, 11) is 0. The second kappa shape index (κ2) is 7.64. The second-order valence-corrected chi connectivity index (χ2v) is 6.73. The number of hydrogen-bond acceptors (Lipinski definition) is 4. The van der Waals surface area contributed by atoms with Crippen molar-refractivity contribution in [2.45, 2.75) is 25.3 Å². The van der Waals surface area contributed by atoms with Gasteiger partial charge in [0.05, 0.1) is 10.2 Å². The van der Waals surface area contributed by atoms with Gasteiger partial charge in [-0.15, -0.1) is 11.3 Å². The number of fused-ring (bicyclic) bond motifs is 1. The molecule has 2 aromatic carbocycles. The van der Waals surface area contributed by atoms with Gasteiger partial charge < -0.3 is 10.1 Å². The highest BCUT2D eigenvalue weighted by molar-refractivity contribution is 7.18. The van der Waals surface area contributed by atoms with Gasteiger partial charge in [-0.2, -0.15) is 0 Å². The number of carbonyl (C=O) groups is 1. The first-order valence-corrected chi connectivity index (χ1v) is 8.97. The monoisotopic (exact) mass is 360 g/mol. The van der Waals surface area contributed by atoms with Gasteiger partial charge in [0.15, 0.2) is 5.01 Å². The van der Waals surface area contributed by atoms with Gasteiger partial charge in [0.2, 0.25) is 11.5 Å². The van der Waals surface area contributed by atoms with E-state index < -0.39 is 5.56 Å². The minimum Gasteiger partial charge on any atom is -0.468 e. The number of thiazole rings is 1. The number of nitrogens with one attached hydrogen (secondary N) is 1. The van der Waals surface area contributed by atoms with E-state index in [2.05, 4.69) is 10.3 Å². The topological polar surface area (TPSA) is 51.2 Å². The maximum absolute atomic E-state index is 11.6. The van der Waals surface area contributed by atoms with Crippen LogP contribution in [0.15, 0.2) is 48.5 Å². The average molecular weight is 361 g/mol. The minimum atomic E-state index is -0.650. The van der Waals surface area contributed by atoms with Gasteiger partial charge in [0, 0.05) is 12.1 Å². The molecular formula is C18H17ClN2O2S. The molecule has 1 unspecified atom stereocenters.